The van der Waals surface area contributed by atoms with Crippen molar-refractivity contribution >= 4 is 22.2 Å². The minimum atomic E-state index is -0.458. The van der Waals surface area contributed by atoms with Gasteiger partial charge in [-0.05, 0) is 50.0 Å². The van der Waals surface area contributed by atoms with E-state index in [-0.39, 0.29) is 17.0 Å². The van der Waals surface area contributed by atoms with Crippen LogP contribution >= 0.6 is 11.3 Å². The average molecular weight is 294 g/mol. The van der Waals surface area contributed by atoms with Gasteiger partial charge in [-0.3, -0.25) is 14.9 Å². The van der Waals surface area contributed by atoms with E-state index in [1.807, 2.05) is 0 Å². The van der Waals surface area contributed by atoms with Crippen molar-refractivity contribution in [2.75, 3.05) is 0 Å². The molecule has 0 radical (unpaired) electrons. The van der Waals surface area contributed by atoms with Crippen LogP contribution in [0.15, 0.2) is 12.1 Å². The molecule has 4 atom stereocenters. The number of carbonyl (C=O) groups excluding carboxylic acids is 1. The number of nitrogens with one attached hydrogen (secondary N) is 1. The summed E-state index contributed by atoms with van der Waals surface area (Å²) >= 11 is 0.938. The molecule has 20 heavy (non-hydrogen) atoms. The van der Waals surface area contributed by atoms with E-state index in [9.17, 15) is 14.9 Å². The number of amides is 1. The smallest absolute Gasteiger partial charge is 0.324 e. The van der Waals surface area contributed by atoms with E-state index < -0.39 is 4.92 Å². The Morgan fingerprint density at radius 1 is 1.45 bits per heavy atom. The third kappa shape index (κ3) is 2.44. The lowest BCUT2D eigenvalue weighted by Gasteiger charge is -2.28. The largest absolute Gasteiger partial charge is 0.349 e. The zero-order valence-corrected chi connectivity index (χ0v) is 12.2. The van der Waals surface area contributed by atoms with Gasteiger partial charge in [-0.25, -0.2) is 0 Å². The van der Waals surface area contributed by atoms with Gasteiger partial charge in [-0.1, -0.05) is 17.8 Å². The van der Waals surface area contributed by atoms with Crippen molar-refractivity contribution in [3.63, 3.8) is 0 Å². The highest BCUT2D eigenvalue weighted by atomic mass is 32.1. The second kappa shape index (κ2) is 5.16. The van der Waals surface area contributed by atoms with Crippen molar-refractivity contribution in [1.29, 1.82) is 0 Å². The Hall–Kier alpha value is -1.43. The molecule has 108 valence electrons. The Morgan fingerprint density at radius 2 is 2.25 bits per heavy atom. The summed E-state index contributed by atoms with van der Waals surface area (Å²) < 4.78 is 0. The maximum atomic E-state index is 12.1. The fraction of sp³-hybridized carbons (Fsp3) is 0.643. The van der Waals surface area contributed by atoms with E-state index in [2.05, 4.69) is 12.2 Å². The topological polar surface area (TPSA) is 72.2 Å². The van der Waals surface area contributed by atoms with Crippen molar-refractivity contribution in [1.82, 2.24) is 5.32 Å². The van der Waals surface area contributed by atoms with Gasteiger partial charge >= 0.3 is 5.00 Å². The molecule has 1 amide bonds. The number of hydrogen-bond donors (Lipinski definition) is 1. The predicted octanol–water partition coefficient (Wildman–Crippen LogP) is 3.21. The first-order chi connectivity index (χ1) is 9.54. The van der Waals surface area contributed by atoms with Gasteiger partial charge in [0, 0.05) is 12.1 Å². The molecule has 1 aromatic rings. The van der Waals surface area contributed by atoms with Crippen LogP contribution in [-0.2, 0) is 0 Å². The summed E-state index contributed by atoms with van der Waals surface area (Å²) in [4.78, 5) is 22.7. The molecule has 0 spiro atoms. The first-order valence-electron chi connectivity index (χ1n) is 7.09. The quantitative estimate of drug-likeness (QED) is 0.684. The second-order valence-electron chi connectivity index (χ2n) is 6.00. The molecule has 0 saturated heterocycles. The van der Waals surface area contributed by atoms with E-state index in [0.717, 1.165) is 23.2 Å². The first kappa shape index (κ1) is 13.5. The summed E-state index contributed by atoms with van der Waals surface area (Å²) in [5.74, 6) is 2.01. The summed E-state index contributed by atoms with van der Waals surface area (Å²) in [7, 11) is 0. The maximum absolute atomic E-state index is 12.1. The third-order valence-corrected chi connectivity index (χ3v) is 5.83. The average Bonchev–Trinajstić information content (AvgIpc) is 3.14. The molecule has 0 aliphatic heterocycles. The van der Waals surface area contributed by atoms with Gasteiger partial charge in [-0.2, -0.15) is 0 Å². The Morgan fingerprint density at radius 3 is 2.80 bits per heavy atom. The van der Waals surface area contributed by atoms with E-state index in [4.69, 9.17) is 0 Å². The molecule has 5 nitrogen and oxygen atoms in total. The fourth-order valence-electron chi connectivity index (χ4n) is 3.84. The lowest BCUT2D eigenvalue weighted by molar-refractivity contribution is -0.380. The maximum Gasteiger partial charge on any atom is 0.324 e. The van der Waals surface area contributed by atoms with Crippen molar-refractivity contribution in [2.45, 2.75) is 38.6 Å². The first-order valence-corrected chi connectivity index (χ1v) is 7.91. The van der Waals surface area contributed by atoms with E-state index in [1.54, 1.807) is 0 Å². The van der Waals surface area contributed by atoms with Crippen LogP contribution in [0.4, 0.5) is 5.00 Å². The lowest BCUT2D eigenvalue weighted by Crippen LogP contribution is -2.39. The Kier molecular flexibility index (Phi) is 3.50. The predicted molar refractivity (Wildman–Crippen MR) is 76.8 cm³/mol. The fourth-order valence-corrected chi connectivity index (χ4v) is 4.56. The second-order valence-corrected chi connectivity index (χ2v) is 7.06. The number of nitro groups is 1. The standard InChI is InChI=1S/C14H18N2O3S/c1-8(11-7-9-2-3-10(11)6-9)15-14(17)12-4-5-13(20-12)16(18)19/h4-5,8-11H,2-3,6-7H2,1H3,(H,15,17)/t8-,9-,10-,11+/m0/s1. The van der Waals surface area contributed by atoms with E-state index in [1.165, 1.54) is 37.8 Å². The number of rotatable bonds is 4. The molecule has 2 bridgehead atoms. The van der Waals surface area contributed by atoms with Crippen LogP contribution in [-0.4, -0.2) is 16.9 Å². The molecule has 2 saturated carbocycles. The van der Waals surface area contributed by atoms with Crippen LogP contribution in [0.3, 0.4) is 0 Å². The SMILES string of the molecule is C[C@H](NC(=O)c1ccc([N+](=O)[O-])s1)[C@H]1C[C@H]2CC[C@H]1C2. The molecule has 0 aromatic carbocycles. The molecular formula is C14H18N2O3S. The molecular weight excluding hydrogens is 276 g/mol. The molecule has 1 aromatic heterocycles. The summed E-state index contributed by atoms with van der Waals surface area (Å²) in [6, 6.07) is 3.08. The van der Waals surface area contributed by atoms with Crippen molar-refractivity contribution in [2.24, 2.45) is 17.8 Å². The summed E-state index contributed by atoms with van der Waals surface area (Å²) in [6.07, 6.45) is 5.17. The van der Waals surface area contributed by atoms with Crippen LogP contribution in [0.25, 0.3) is 0 Å². The van der Waals surface area contributed by atoms with Crippen LogP contribution in [0.5, 0.6) is 0 Å². The summed E-state index contributed by atoms with van der Waals surface area (Å²) in [6.45, 7) is 2.06. The van der Waals surface area contributed by atoms with E-state index >= 15 is 0 Å². The molecule has 1 N–H and O–H groups in total. The summed E-state index contributed by atoms with van der Waals surface area (Å²) in [5, 5.41) is 13.7. The van der Waals surface area contributed by atoms with Gasteiger partial charge < -0.3 is 5.32 Å². The molecule has 2 aliphatic carbocycles. The van der Waals surface area contributed by atoms with Gasteiger partial charge in [0.25, 0.3) is 5.91 Å². The lowest BCUT2D eigenvalue weighted by atomic mass is 9.84. The number of thiophene rings is 1. The number of nitrogens with zero attached hydrogens (tertiary/aromatic N) is 1. The molecule has 0 unspecified atom stereocenters. The van der Waals surface area contributed by atoms with Crippen LogP contribution < -0.4 is 5.32 Å². The Bertz CT molecular complexity index is 542. The Balaban J connectivity index is 1.62. The summed E-state index contributed by atoms with van der Waals surface area (Å²) in [5.41, 5.74) is 0. The zero-order valence-electron chi connectivity index (χ0n) is 11.4. The molecule has 1 heterocycles. The molecule has 6 heteroatoms. The molecule has 2 fully saturated rings. The van der Waals surface area contributed by atoms with Gasteiger partial charge in [0.1, 0.15) is 0 Å². The van der Waals surface area contributed by atoms with Gasteiger partial charge in [0.15, 0.2) is 0 Å². The highest BCUT2D eigenvalue weighted by Crippen LogP contribution is 2.49. The minimum absolute atomic E-state index is 0.0164. The number of hydrogen-bond acceptors (Lipinski definition) is 4. The van der Waals surface area contributed by atoms with Gasteiger partial charge in [-0.15, -0.1) is 0 Å². The normalized spacial score (nSPS) is 29.4. The van der Waals surface area contributed by atoms with Crippen molar-refractivity contribution < 1.29 is 9.72 Å². The van der Waals surface area contributed by atoms with Crippen LogP contribution in [0, 0.1) is 27.9 Å². The minimum Gasteiger partial charge on any atom is -0.349 e. The van der Waals surface area contributed by atoms with Crippen molar-refractivity contribution in [3.8, 4) is 0 Å². The Labute approximate surface area is 121 Å². The van der Waals surface area contributed by atoms with Gasteiger partial charge in [0.05, 0.1) is 9.80 Å². The molecule has 2 aliphatic rings. The number of fused-ring (bicyclic) bond motifs is 2. The molecule has 3 rings (SSSR count). The highest BCUT2D eigenvalue weighted by molar-refractivity contribution is 7.17. The third-order valence-electron chi connectivity index (χ3n) is 4.79. The van der Waals surface area contributed by atoms with Crippen LogP contribution in [0.1, 0.15) is 42.3 Å². The zero-order chi connectivity index (χ0) is 14.3. The monoisotopic (exact) mass is 294 g/mol. The van der Waals surface area contributed by atoms with Crippen LogP contribution in [0.2, 0.25) is 0 Å². The number of carbonyl (C=O) groups is 1. The highest BCUT2D eigenvalue weighted by Gasteiger charge is 2.42. The van der Waals surface area contributed by atoms with Crippen molar-refractivity contribution in [3.05, 3.63) is 27.1 Å². The van der Waals surface area contributed by atoms with Gasteiger partial charge in [0.2, 0.25) is 0 Å². The van der Waals surface area contributed by atoms with E-state index in [0.29, 0.717) is 10.8 Å².